The molecule has 106 valence electrons. The van der Waals surface area contributed by atoms with Crippen LogP contribution in [-0.2, 0) is 6.54 Å². The zero-order valence-corrected chi connectivity index (χ0v) is 12.2. The Kier molecular flexibility index (Phi) is 3.18. The molecule has 1 saturated heterocycles. The molecule has 1 saturated carbocycles. The molecule has 1 N–H and O–H groups in total. The van der Waals surface area contributed by atoms with Crippen LogP contribution in [0, 0.1) is 11.8 Å². The molecule has 1 aliphatic carbocycles. The third-order valence-corrected chi connectivity index (χ3v) is 4.93. The normalized spacial score (nSPS) is 32.4. The third-order valence-electron chi connectivity index (χ3n) is 4.93. The van der Waals surface area contributed by atoms with E-state index in [9.17, 15) is 5.11 Å². The molecular formula is C15H25N3O. The molecule has 0 radical (unpaired) electrons. The molecular weight excluding hydrogens is 238 g/mol. The fourth-order valence-corrected chi connectivity index (χ4v) is 3.36. The minimum absolute atomic E-state index is 0.306. The average Bonchev–Trinajstić information content (AvgIpc) is 3.02. The first-order chi connectivity index (χ1) is 9.00. The molecule has 1 aliphatic heterocycles. The van der Waals surface area contributed by atoms with E-state index >= 15 is 0 Å². The maximum atomic E-state index is 10.8. The number of aromatic nitrogens is 2. The van der Waals surface area contributed by atoms with Crippen molar-refractivity contribution in [3.8, 4) is 0 Å². The van der Waals surface area contributed by atoms with Crippen molar-refractivity contribution >= 4 is 0 Å². The third kappa shape index (κ3) is 2.32. The van der Waals surface area contributed by atoms with Crippen LogP contribution in [0.5, 0.6) is 0 Å². The number of hydrogen-bond acceptors (Lipinski definition) is 3. The Morgan fingerprint density at radius 3 is 2.79 bits per heavy atom. The number of aliphatic hydroxyl groups is 1. The Labute approximate surface area is 115 Å². The Morgan fingerprint density at radius 2 is 2.21 bits per heavy atom. The predicted octanol–water partition coefficient (Wildman–Crippen LogP) is 2.06. The van der Waals surface area contributed by atoms with E-state index in [2.05, 4.69) is 35.2 Å². The second kappa shape index (κ2) is 4.60. The molecule has 3 rings (SSSR count). The molecule has 0 spiro atoms. The monoisotopic (exact) mass is 263 g/mol. The van der Waals surface area contributed by atoms with Crippen LogP contribution in [0.1, 0.15) is 45.3 Å². The zero-order valence-electron chi connectivity index (χ0n) is 12.2. The minimum atomic E-state index is -0.537. The van der Waals surface area contributed by atoms with E-state index in [4.69, 9.17) is 0 Å². The van der Waals surface area contributed by atoms with Crippen LogP contribution in [0.25, 0.3) is 0 Å². The van der Waals surface area contributed by atoms with E-state index in [1.165, 1.54) is 18.5 Å². The van der Waals surface area contributed by atoms with Gasteiger partial charge in [0.1, 0.15) is 0 Å². The quantitative estimate of drug-likeness (QED) is 0.904. The van der Waals surface area contributed by atoms with Gasteiger partial charge in [-0.2, -0.15) is 0 Å². The van der Waals surface area contributed by atoms with Crippen LogP contribution in [0.3, 0.4) is 0 Å². The average molecular weight is 263 g/mol. The lowest BCUT2D eigenvalue weighted by Gasteiger charge is -2.31. The van der Waals surface area contributed by atoms with Gasteiger partial charge in [0.15, 0.2) is 0 Å². The highest BCUT2D eigenvalue weighted by atomic mass is 16.3. The molecule has 2 heterocycles. The topological polar surface area (TPSA) is 41.3 Å². The van der Waals surface area contributed by atoms with Gasteiger partial charge in [-0.15, -0.1) is 0 Å². The molecule has 4 heteroatoms. The molecule has 0 unspecified atom stereocenters. The molecule has 0 amide bonds. The molecule has 4 nitrogen and oxygen atoms in total. The fourth-order valence-electron chi connectivity index (χ4n) is 3.36. The lowest BCUT2D eigenvalue weighted by Crippen LogP contribution is -2.42. The Bertz CT molecular complexity index is 452. The Morgan fingerprint density at radius 1 is 1.47 bits per heavy atom. The van der Waals surface area contributed by atoms with Crippen LogP contribution in [0.2, 0.25) is 0 Å². The van der Waals surface area contributed by atoms with Crippen molar-refractivity contribution < 1.29 is 5.11 Å². The largest absolute Gasteiger partial charge is 0.388 e. The molecule has 2 atom stereocenters. The number of likely N-dealkylation sites (tertiary alicyclic amines) is 1. The van der Waals surface area contributed by atoms with Crippen molar-refractivity contribution in [2.24, 2.45) is 11.8 Å². The zero-order chi connectivity index (χ0) is 13.6. The van der Waals surface area contributed by atoms with Crippen molar-refractivity contribution in [1.29, 1.82) is 0 Å². The van der Waals surface area contributed by atoms with E-state index < -0.39 is 5.60 Å². The minimum Gasteiger partial charge on any atom is -0.388 e. The van der Waals surface area contributed by atoms with Gasteiger partial charge in [0, 0.05) is 31.9 Å². The summed E-state index contributed by atoms with van der Waals surface area (Å²) >= 11 is 0. The second-order valence-electron chi connectivity index (χ2n) is 6.74. The van der Waals surface area contributed by atoms with Crippen molar-refractivity contribution in [3.63, 3.8) is 0 Å². The van der Waals surface area contributed by atoms with Crippen LogP contribution < -0.4 is 0 Å². The lowest BCUT2D eigenvalue weighted by molar-refractivity contribution is -0.0256. The number of hydrogen-bond donors (Lipinski definition) is 1. The first kappa shape index (κ1) is 13.1. The number of imidazole rings is 1. The van der Waals surface area contributed by atoms with Crippen LogP contribution >= 0.6 is 0 Å². The maximum Gasteiger partial charge on any atom is 0.0951 e. The number of rotatable bonds is 4. The van der Waals surface area contributed by atoms with Gasteiger partial charge >= 0.3 is 0 Å². The molecule has 0 bridgehead atoms. The SMILES string of the molecule is CC(C)[C@]1(O)CN(Cc2cncn2C2CC2)C[C@H]1C. The predicted molar refractivity (Wildman–Crippen MR) is 74.7 cm³/mol. The summed E-state index contributed by atoms with van der Waals surface area (Å²) in [5.74, 6) is 0.644. The van der Waals surface area contributed by atoms with E-state index in [1.54, 1.807) is 0 Å². The van der Waals surface area contributed by atoms with Gasteiger partial charge in [-0.25, -0.2) is 4.98 Å². The molecule has 0 aromatic carbocycles. The van der Waals surface area contributed by atoms with Gasteiger partial charge in [0.05, 0.1) is 17.6 Å². The molecule has 1 aromatic heterocycles. The van der Waals surface area contributed by atoms with Crippen LogP contribution in [-0.4, -0.2) is 38.2 Å². The number of β-amino-alcohol motifs (C(OH)–C–C–N with tert-alkyl or cyclic N) is 1. The summed E-state index contributed by atoms with van der Waals surface area (Å²) in [5, 5.41) is 10.8. The summed E-state index contributed by atoms with van der Waals surface area (Å²) in [6.07, 6.45) is 6.52. The Balaban J connectivity index is 1.70. The summed E-state index contributed by atoms with van der Waals surface area (Å²) in [7, 11) is 0. The van der Waals surface area contributed by atoms with E-state index in [1.807, 2.05) is 12.5 Å². The molecule has 2 aliphatic rings. The summed E-state index contributed by atoms with van der Waals surface area (Å²) in [6, 6.07) is 0.682. The molecule has 2 fully saturated rings. The lowest BCUT2D eigenvalue weighted by atomic mass is 9.82. The van der Waals surface area contributed by atoms with Gasteiger partial charge in [0.2, 0.25) is 0 Å². The second-order valence-corrected chi connectivity index (χ2v) is 6.74. The van der Waals surface area contributed by atoms with Crippen molar-refractivity contribution in [2.75, 3.05) is 13.1 Å². The highest BCUT2D eigenvalue weighted by molar-refractivity contribution is 5.06. The first-order valence-electron chi connectivity index (χ1n) is 7.46. The Hall–Kier alpha value is -0.870. The van der Waals surface area contributed by atoms with Crippen molar-refractivity contribution in [2.45, 2.75) is 51.8 Å². The highest BCUT2D eigenvalue weighted by Crippen LogP contribution is 2.37. The highest BCUT2D eigenvalue weighted by Gasteiger charge is 2.44. The summed E-state index contributed by atoms with van der Waals surface area (Å²) < 4.78 is 2.32. The van der Waals surface area contributed by atoms with Crippen molar-refractivity contribution in [1.82, 2.24) is 14.5 Å². The van der Waals surface area contributed by atoms with Gasteiger partial charge < -0.3 is 9.67 Å². The van der Waals surface area contributed by atoms with E-state index in [-0.39, 0.29) is 0 Å². The summed E-state index contributed by atoms with van der Waals surface area (Å²) in [6.45, 7) is 9.07. The smallest absolute Gasteiger partial charge is 0.0951 e. The van der Waals surface area contributed by atoms with Gasteiger partial charge in [-0.3, -0.25) is 4.90 Å². The molecule has 1 aromatic rings. The van der Waals surface area contributed by atoms with E-state index in [0.29, 0.717) is 17.9 Å². The standard InChI is InChI=1S/C15H25N3O/c1-11(2)15(19)9-17(7-12(15)3)8-14-6-16-10-18(14)13-4-5-13/h6,10-13,19H,4-5,7-9H2,1-3H3/t12-,15-/m1/s1. The van der Waals surface area contributed by atoms with E-state index in [0.717, 1.165) is 19.6 Å². The first-order valence-corrected chi connectivity index (χ1v) is 7.46. The van der Waals surface area contributed by atoms with Crippen molar-refractivity contribution in [3.05, 3.63) is 18.2 Å². The maximum absolute atomic E-state index is 10.8. The number of nitrogens with zero attached hydrogens (tertiary/aromatic N) is 3. The van der Waals surface area contributed by atoms with Gasteiger partial charge in [0.25, 0.3) is 0 Å². The van der Waals surface area contributed by atoms with Crippen LogP contribution in [0.4, 0.5) is 0 Å². The van der Waals surface area contributed by atoms with Gasteiger partial charge in [-0.1, -0.05) is 20.8 Å². The molecule has 19 heavy (non-hydrogen) atoms. The summed E-state index contributed by atoms with van der Waals surface area (Å²) in [4.78, 5) is 6.67. The van der Waals surface area contributed by atoms with Crippen LogP contribution in [0.15, 0.2) is 12.5 Å². The fraction of sp³-hybridized carbons (Fsp3) is 0.800. The van der Waals surface area contributed by atoms with Gasteiger partial charge in [-0.05, 0) is 24.7 Å². The summed E-state index contributed by atoms with van der Waals surface area (Å²) in [5.41, 5.74) is 0.757.